The molecule has 0 aliphatic carbocycles. The summed E-state index contributed by atoms with van der Waals surface area (Å²) in [7, 11) is 0. The zero-order valence-electron chi connectivity index (χ0n) is 22.9. The van der Waals surface area contributed by atoms with Gasteiger partial charge in [0.25, 0.3) is 11.7 Å². The normalized spacial score (nSPS) is 17.1. The molecular formula is C32H33NO5. The minimum absolute atomic E-state index is 0.0172. The van der Waals surface area contributed by atoms with Crippen LogP contribution in [0.15, 0.2) is 66.2 Å². The summed E-state index contributed by atoms with van der Waals surface area (Å²) in [5.74, 6) is -1.79. The van der Waals surface area contributed by atoms with E-state index in [9.17, 15) is 19.5 Å². The summed E-state index contributed by atoms with van der Waals surface area (Å²) in [5, 5.41) is 11.7. The number of ketones is 1. The Hall–Kier alpha value is -4.19. The number of aliphatic hydroxyl groups is 1. The van der Waals surface area contributed by atoms with Gasteiger partial charge in [-0.15, -0.1) is 0 Å². The van der Waals surface area contributed by atoms with Crippen LogP contribution >= 0.6 is 0 Å². The van der Waals surface area contributed by atoms with Gasteiger partial charge in [0.2, 0.25) is 0 Å². The van der Waals surface area contributed by atoms with Crippen molar-refractivity contribution in [3.8, 4) is 5.75 Å². The van der Waals surface area contributed by atoms with Crippen molar-refractivity contribution in [1.29, 1.82) is 0 Å². The molecule has 1 N–H and O–H groups in total. The number of carbonyl (C=O) groups is 3. The molecule has 1 unspecified atom stereocenters. The van der Waals surface area contributed by atoms with Gasteiger partial charge < -0.3 is 9.84 Å². The number of hydrogen-bond acceptors (Lipinski definition) is 5. The van der Waals surface area contributed by atoms with Crippen molar-refractivity contribution in [2.75, 3.05) is 4.90 Å². The molecule has 0 radical (unpaired) electrons. The molecule has 38 heavy (non-hydrogen) atoms. The molecule has 1 amide bonds. The molecule has 0 bridgehead atoms. The Morgan fingerprint density at radius 2 is 1.50 bits per heavy atom. The number of esters is 1. The number of carbonyl (C=O) groups excluding carboxylic acids is 3. The van der Waals surface area contributed by atoms with E-state index in [-0.39, 0.29) is 16.7 Å². The lowest BCUT2D eigenvalue weighted by atomic mass is 9.84. The van der Waals surface area contributed by atoms with Gasteiger partial charge in [-0.2, -0.15) is 0 Å². The van der Waals surface area contributed by atoms with E-state index in [1.807, 2.05) is 57.2 Å². The Bertz CT molecular complexity index is 1450. The Morgan fingerprint density at radius 3 is 2.05 bits per heavy atom. The molecule has 0 aromatic heterocycles. The zero-order valence-corrected chi connectivity index (χ0v) is 22.9. The van der Waals surface area contributed by atoms with Gasteiger partial charge in [0.05, 0.1) is 11.6 Å². The molecule has 6 heteroatoms. The monoisotopic (exact) mass is 511 g/mol. The second kappa shape index (κ2) is 9.93. The Labute approximate surface area is 223 Å². The summed E-state index contributed by atoms with van der Waals surface area (Å²) in [5.41, 5.74) is 5.19. The third-order valence-corrected chi connectivity index (χ3v) is 6.75. The van der Waals surface area contributed by atoms with Crippen LogP contribution in [0.5, 0.6) is 5.75 Å². The summed E-state index contributed by atoms with van der Waals surface area (Å²) >= 11 is 0. The summed E-state index contributed by atoms with van der Waals surface area (Å²) in [6.07, 6.45) is 0. The van der Waals surface area contributed by atoms with Gasteiger partial charge in [0, 0.05) is 18.2 Å². The van der Waals surface area contributed by atoms with E-state index >= 15 is 0 Å². The van der Waals surface area contributed by atoms with Crippen LogP contribution in [0, 0.1) is 20.8 Å². The average molecular weight is 512 g/mol. The average Bonchev–Trinajstić information content (AvgIpc) is 3.08. The minimum Gasteiger partial charge on any atom is -0.507 e. The molecule has 3 aromatic carbocycles. The standard InChI is InChI=1S/C32H33NO5/c1-18-14-19(2)16-24(15-18)33-28(22-9-12-25(13-10-22)38-21(4)34)27(30(36)31(33)37)29(35)26-17-23(32(5,6)7)11-8-20(26)3/h8-17,28,35H,1-7H3/b29-27+. The highest BCUT2D eigenvalue weighted by atomic mass is 16.5. The molecule has 6 nitrogen and oxygen atoms in total. The number of nitrogens with zero attached hydrogens (tertiary/aromatic N) is 1. The molecular weight excluding hydrogens is 478 g/mol. The number of aryl methyl sites for hydroxylation is 3. The van der Waals surface area contributed by atoms with E-state index in [1.54, 1.807) is 24.3 Å². The predicted molar refractivity (Wildman–Crippen MR) is 148 cm³/mol. The van der Waals surface area contributed by atoms with Crippen LogP contribution in [0.2, 0.25) is 0 Å². The van der Waals surface area contributed by atoms with Crippen molar-refractivity contribution in [2.24, 2.45) is 0 Å². The second-order valence-corrected chi connectivity index (χ2v) is 11.0. The lowest BCUT2D eigenvalue weighted by Crippen LogP contribution is -2.29. The quantitative estimate of drug-likeness (QED) is 0.143. The number of aliphatic hydroxyl groups excluding tert-OH is 1. The molecule has 0 saturated carbocycles. The van der Waals surface area contributed by atoms with Crippen LogP contribution in [-0.2, 0) is 19.8 Å². The summed E-state index contributed by atoms with van der Waals surface area (Å²) in [6, 6.07) is 17.3. The maximum Gasteiger partial charge on any atom is 0.308 e. The van der Waals surface area contributed by atoms with E-state index in [2.05, 4.69) is 20.8 Å². The van der Waals surface area contributed by atoms with Gasteiger partial charge in [-0.05, 0) is 84.3 Å². The maximum absolute atomic E-state index is 13.6. The molecule has 1 heterocycles. The predicted octanol–water partition coefficient (Wildman–Crippen LogP) is 6.46. The molecule has 1 fully saturated rings. The molecule has 1 aliphatic heterocycles. The van der Waals surface area contributed by atoms with Crippen molar-refractivity contribution in [3.05, 3.63) is 99.6 Å². The lowest BCUT2D eigenvalue weighted by molar-refractivity contribution is -0.132. The summed E-state index contributed by atoms with van der Waals surface area (Å²) in [6.45, 7) is 13.3. The SMILES string of the molecule is CC(=O)Oc1ccc(C2/C(=C(\O)c3cc(C(C)(C)C)ccc3C)C(=O)C(=O)N2c2cc(C)cc(C)c2)cc1. The minimum atomic E-state index is -0.875. The molecule has 1 saturated heterocycles. The summed E-state index contributed by atoms with van der Waals surface area (Å²) < 4.78 is 5.17. The van der Waals surface area contributed by atoms with E-state index < -0.39 is 23.7 Å². The number of anilines is 1. The van der Waals surface area contributed by atoms with Crippen molar-refractivity contribution < 1.29 is 24.2 Å². The fraction of sp³-hybridized carbons (Fsp3) is 0.281. The first-order valence-electron chi connectivity index (χ1n) is 12.6. The van der Waals surface area contributed by atoms with Crippen molar-refractivity contribution in [3.63, 3.8) is 0 Å². The highest BCUT2D eigenvalue weighted by Gasteiger charge is 2.47. The van der Waals surface area contributed by atoms with Gasteiger partial charge in [0.1, 0.15) is 11.5 Å². The molecule has 4 rings (SSSR count). The number of amides is 1. The Kier molecular flexibility index (Phi) is 7.02. The Balaban J connectivity index is 1.97. The summed E-state index contributed by atoms with van der Waals surface area (Å²) in [4.78, 5) is 40.0. The van der Waals surface area contributed by atoms with E-state index in [1.165, 1.54) is 11.8 Å². The fourth-order valence-corrected chi connectivity index (χ4v) is 4.88. The highest BCUT2D eigenvalue weighted by molar-refractivity contribution is 6.51. The number of ether oxygens (including phenoxy) is 1. The third-order valence-electron chi connectivity index (χ3n) is 6.75. The highest BCUT2D eigenvalue weighted by Crippen LogP contribution is 2.43. The zero-order chi connectivity index (χ0) is 27.9. The van der Waals surface area contributed by atoms with Crippen molar-refractivity contribution in [1.82, 2.24) is 0 Å². The maximum atomic E-state index is 13.6. The van der Waals surface area contributed by atoms with Crippen LogP contribution < -0.4 is 9.64 Å². The van der Waals surface area contributed by atoms with Gasteiger partial charge >= 0.3 is 5.97 Å². The van der Waals surface area contributed by atoms with Gasteiger partial charge in [-0.1, -0.05) is 51.1 Å². The number of benzene rings is 3. The van der Waals surface area contributed by atoms with Gasteiger partial charge in [0.15, 0.2) is 0 Å². The molecule has 1 atom stereocenters. The van der Waals surface area contributed by atoms with Crippen LogP contribution in [0.25, 0.3) is 5.76 Å². The second-order valence-electron chi connectivity index (χ2n) is 11.0. The van der Waals surface area contributed by atoms with E-state index in [4.69, 9.17) is 4.74 Å². The molecule has 196 valence electrons. The van der Waals surface area contributed by atoms with Crippen molar-refractivity contribution >= 4 is 29.1 Å². The first kappa shape index (κ1) is 26.9. The van der Waals surface area contributed by atoms with Gasteiger partial charge in [-0.25, -0.2) is 0 Å². The topological polar surface area (TPSA) is 83.9 Å². The number of hydrogen-bond donors (Lipinski definition) is 1. The molecule has 3 aromatic rings. The lowest BCUT2D eigenvalue weighted by Gasteiger charge is -2.26. The van der Waals surface area contributed by atoms with Gasteiger partial charge in [-0.3, -0.25) is 19.3 Å². The first-order valence-corrected chi connectivity index (χ1v) is 12.6. The largest absolute Gasteiger partial charge is 0.507 e. The van der Waals surface area contributed by atoms with E-state index in [0.717, 1.165) is 22.3 Å². The number of rotatable bonds is 4. The van der Waals surface area contributed by atoms with Crippen LogP contribution in [0.1, 0.15) is 67.1 Å². The first-order chi connectivity index (χ1) is 17.8. The van der Waals surface area contributed by atoms with Crippen LogP contribution in [-0.4, -0.2) is 22.8 Å². The molecule has 1 aliphatic rings. The Morgan fingerprint density at radius 1 is 0.895 bits per heavy atom. The van der Waals surface area contributed by atoms with Crippen LogP contribution in [0.4, 0.5) is 5.69 Å². The van der Waals surface area contributed by atoms with Crippen LogP contribution in [0.3, 0.4) is 0 Å². The van der Waals surface area contributed by atoms with Crippen molar-refractivity contribution in [2.45, 2.75) is 59.9 Å². The van der Waals surface area contributed by atoms with E-state index in [0.29, 0.717) is 22.6 Å². The fourth-order valence-electron chi connectivity index (χ4n) is 4.88. The molecule has 0 spiro atoms. The third kappa shape index (κ3) is 5.12. The number of Topliss-reactive ketones (excluding diaryl/α,β-unsaturated/α-hetero) is 1. The smallest absolute Gasteiger partial charge is 0.308 e.